The maximum atomic E-state index is 13.8. The van der Waals surface area contributed by atoms with Crippen molar-refractivity contribution in [1.29, 1.82) is 0 Å². The molecule has 8 nitrogen and oxygen atoms in total. The van der Waals surface area contributed by atoms with Crippen LogP contribution in [0.15, 0.2) is 60.9 Å². The Morgan fingerprint density at radius 2 is 1.74 bits per heavy atom. The topological polar surface area (TPSA) is 114 Å². The number of amides is 1. The molecule has 3 aromatic rings. The number of nitrogen functional groups attached to an aromatic ring is 1. The average Bonchev–Trinajstić information content (AvgIpc) is 2.69. The van der Waals surface area contributed by atoms with Gasteiger partial charge in [-0.05, 0) is 24.3 Å². The van der Waals surface area contributed by atoms with Gasteiger partial charge in [-0.3, -0.25) is 15.6 Å². The number of carbonyl (C=O) groups excluding carboxylic acids is 1. The zero-order valence-corrected chi connectivity index (χ0v) is 14.1. The fraction of sp³-hybridized carbons (Fsp3) is 0.0556. The number of benzene rings is 2. The summed E-state index contributed by atoms with van der Waals surface area (Å²) < 4.78 is 19.1. The van der Waals surface area contributed by atoms with Crippen molar-refractivity contribution in [1.82, 2.24) is 15.4 Å². The number of nitrogens with one attached hydrogen (secondary N) is 3. The van der Waals surface area contributed by atoms with Crippen molar-refractivity contribution in [3.63, 3.8) is 0 Å². The maximum absolute atomic E-state index is 13.8. The van der Waals surface area contributed by atoms with Gasteiger partial charge in [0.2, 0.25) is 0 Å². The molecular weight excluding hydrogens is 351 g/mol. The number of halogens is 1. The molecule has 1 heterocycles. The summed E-state index contributed by atoms with van der Waals surface area (Å²) in [4.78, 5) is 19.8. The molecule has 0 aliphatic rings. The van der Waals surface area contributed by atoms with E-state index in [9.17, 15) is 9.18 Å². The Morgan fingerprint density at radius 1 is 1.04 bits per heavy atom. The molecule has 0 unspecified atom stereocenters. The first-order chi connectivity index (χ1) is 13.1. The number of nitrogens with two attached hydrogens (primary N) is 1. The van der Waals surface area contributed by atoms with Crippen LogP contribution >= 0.6 is 0 Å². The minimum atomic E-state index is -0.448. The summed E-state index contributed by atoms with van der Waals surface area (Å²) in [5.41, 5.74) is 11.3. The van der Waals surface area contributed by atoms with Gasteiger partial charge in [0.25, 0.3) is 5.91 Å². The molecule has 9 heteroatoms. The Bertz CT molecular complexity index is 923. The first kappa shape index (κ1) is 17.9. The molecule has 0 bridgehead atoms. The Balaban J connectivity index is 1.59. The molecule has 3 rings (SSSR count). The lowest BCUT2D eigenvalue weighted by Gasteiger charge is -2.13. The summed E-state index contributed by atoms with van der Waals surface area (Å²) in [6, 6.07) is 15.0. The van der Waals surface area contributed by atoms with E-state index in [0.717, 1.165) is 0 Å². The average molecular weight is 368 g/mol. The Kier molecular flexibility index (Phi) is 5.63. The summed E-state index contributed by atoms with van der Waals surface area (Å²) in [5.74, 6) is 0.0618. The van der Waals surface area contributed by atoms with Crippen molar-refractivity contribution in [2.75, 3.05) is 23.1 Å². The zero-order chi connectivity index (χ0) is 19.1. The third kappa shape index (κ3) is 4.82. The highest BCUT2D eigenvalue weighted by atomic mass is 19.1. The summed E-state index contributed by atoms with van der Waals surface area (Å²) in [7, 11) is 0. The van der Waals surface area contributed by atoms with Crippen molar-refractivity contribution in [2.24, 2.45) is 0 Å². The number of aromatic nitrogens is 2. The molecule has 0 spiro atoms. The predicted octanol–water partition coefficient (Wildman–Crippen LogP) is 2.46. The number of anilines is 4. The minimum Gasteiger partial charge on any atom is -0.484 e. The molecule has 5 N–H and O–H groups in total. The minimum absolute atomic E-state index is 0.116. The second kappa shape index (κ2) is 8.48. The fourth-order valence-corrected chi connectivity index (χ4v) is 2.12. The van der Waals surface area contributed by atoms with E-state index in [2.05, 4.69) is 26.1 Å². The van der Waals surface area contributed by atoms with Crippen LogP contribution in [0.4, 0.5) is 27.4 Å². The highest BCUT2D eigenvalue weighted by molar-refractivity contribution is 5.82. The van der Waals surface area contributed by atoms with Gasteiger partial charge >= 0.3 is 0 Å². The summed E-state index contributed by atoms with van der Waals surface area (Å²) in [6.07, 6.45) is 1.23. The van der Waals surface area contributed by atoms with Crippen LogP contribution in [0.3, 0.4) is 0 Å². The van der Waals surface area contributed by atoms with Gasteiger partial charge in [-0.25, -0.2) is 14.4 Å². The van der Waals surface area contributed by atoms with Gasteiger partial charge in [-0.15, -0.1) is 0 Å². The van der Waals surface area contributed by atoms with E-state index in [1.807, 2.05) is 6.07 Å². The lowest BCUT2D eigenvalue weighted by Crippen LogP contribution is -2.34. The van der Waals surface area contributed by atoms with E-state index >= 15 is 0 Å². The van der Waals surface area contributed by atoms with Crippen LogP contribution in [0.5, 0.6) is 5.75 Å². The van der Waals surface area contributed by atoms with Crippen LogP contribution in [0.25, 0.3) is 0 Å². The van der Waals surface area contributed by atoms with E-state index in [-0.39, 0.29) is 29.6 Å². The van der Waals surface area contributed by atoms with Crippen LogP contribution < -0.4 is 26.6 Å². The first-order valence-electron chi connectivity index (χ1n) is 7.98. The molecule has 0 saturated heterocycles. The van der Waals surface area contributed by atoms with Gasteiger partial charge in [0.05, 0.1) is 5.69 Å². The molecule has 0 fully saturated rings. The van der Waals surface area contributed by atoms with Crippen molar-refractivity contribution >= 4 is 28.9 Å². The van der Waals surface area contributed by atoms with Crippen LogP contribution in [-0.4, -0.2) is 22.5 Å². The van der Waals surface area contributed by atoms with Crippen molar-refractivity contribution in [2.45, 2.75) is 0 Å². The quantitative estimate of drug-likeness (QED) is 0.474. The van der Waals surface area contributed by atoms with Crippen molar-refractivity contribution in [3.05, 3.63) is 66.7 Å². The van der Waals surface area contributed by atoms with Gasteiger partial charge < -0.3 is 15.8 Å². The number of carbonyl (C=O) groups is 1. The Morgan fingerprint density at radius 3 is 2.52 bits per heavy atom. The number of rotatable bonds is 7. The van der Waals surface area contributed by atoms with Crippen LogP contribution in [0, 0.1) is 5.82 Å². The molecule has 0 radical (unpaired) electrons. The highest BCUT2D eigenvalue weighted by Gasteiger charge is 2.11. The molecule has 2 aromatic carbocycles. The summed E-state index contributed by atoms with van der Waals surface area (Å²) >= 11 is 0. The molecule has 0 aliphatic carbocycles. The molecule has 0 saturated carbocycles. The number of hydrogen-bond donors (Lipinski definition) is 4. The van der Waals surface area contributed by atoms with Gasteiger partial charge in [0.1, 0.15) is 23.6 Å². The predicted molar refractivity (Wildman–Crippen MR) is 99.8 cm³/mol. The van der Waals surface area contributed by atoms with E-state index < -0.39 is 11.7 Å². The number of ether oxygens (including phenoxy) is 1. The van der Waals surface area contributed by atoms with Gasteiger partial charge in [0.15, 0.2) is 18.2 Å². The van der Waals surface area contributed by atoms with Gasteiger partial charge in [-0.2, -0.15) is 0 Å². The van der Waals surface area contributed by atoms with E-state index in [4.69, 9.17) is 10.5 Å². The summed E-state index contributed by atoms with van der Waals surface area (Å²) in [6.45, 7) is -0.192. The lowest BCUT2D eigenvalue weighted by atomic mass is 10.3. The second-order valence-electron chi connectivity index (χ2n) is 5.36. The SMILES string of the molecule is Nc1c(NNC(=O)COc2ccccc2)ncnc1Nc1ccccc1F. The van der Waals surface area contributed by atoms with E-state index in [1.54, 1.807) is 42.5 Å². The molecule has 27 heavy (non-hydrogen) atoms. The molecular formula is C18H17FN6O2. The van der Waals surface area contributed by atoms with Gasteiger partial charge in [0, 0.05) is 0 Å². The number of nitrogens with zero attached hydrogens (tertiary/aromatic N) is 2. The van der Waals surface area contributed by atoms with Crippen LogP contribution in [0.1, 0.15) is 0 Å². The lowest BCUT2D eigenvalue weighted by molar-refractivity contribution is -0.122. The first-order valence-corrected chi connectivity index (χ1v) is 7.98. The highest BCUT2D eigenvalue weighted by Crippen LogP contribution is 2.26. The zero-order valence-electron chi connectivity index (χ0n) is 14.1. The molecule has 138 valence electrons. The molecule has 0 atom stereocenters. The van der Waals surface area contributed by atoms with Gasteiger partial charge in [-0.1, -0.05) is 30.3 Å². The largest absolute Gasteiger partial charge is 0.484 e. The standard InChI is InChI=1S/C18H17FN6O2/c19-13-8-4-5-9-14(13)23-17-16(20)18(22-11-21-17)25-24-15(26)10-27-12-6-2-1-3-7-12/h1-9,11H,10,20H2,(H,24,26)(H2,21,22,23,25). The Hall–Kier alpha value is -3.88. The number of para-hydroxylation sites is 2. The van der Waals surface area contributed by atoms with Crippen molar-refractivity contribution < 1.29 is 13.9 Å². The fourth-order valence-electron chi connectivity index (χ4n) is 2.12. The van der Waals surface area contributed by atoms with Crippen LogP contribution in [0.2, 0.25) is 0 Å². The number of hydrazine groups is 1. The molecule has 1 aromatic heterocycles. The van der Waals surface area contributed by atoms with E-state index in [0.29, 0.717) is 5.75 Å². The molecule has 0 aliphatic heterocycles. The third-order valence-corrected chi connectivity index (χ3v) is 3.44. The summed E-state index contributed by atoms with van der Waals surface area (Å²) in [5, 5.41) is 2.79. The smallest absolute Gasteiger partial charge is 0.276 e. The monoisotopic (exact) mass is 368 g/mol. The Labute approximate surface area is 154 Å². The third-order valence-electron chi connectivity index (χ3n) is 3.44. The number of hydrogen-bond acceptors (Lipinski definition) is 7. The molecule has 1 amide bonds. The van der Waals surface area contributed by atoms with Crippen LogP contribution in [-0.2, 0) is 4.79 Å². The maximum Gasteiger partial charge on any atom is 0.276 e. The normalized spacial score (nSPS) is 10.1. The van der Waals surface area contributed by atoms with Crippen molar-refractivity contribution in [3.8, 4) is 5.75 Å². The second-order valence-corrected chi connectivity index (χ2v) is 5.36. The van der Waals surface area contributed by atoms with E-state index in [1.165, 1.54) is 12.4 Å².